The van der Waals surface area contributed by atoms with Crippen molar-refractivity contribution in [3.63, 3.8) is 0 Å². The first-order chi connectivity index (χ1) is 13.2. The summed E-state index contributed by atoms with van der Waals surface area (Å²) in [4.78, 5) is 26.0. The van der Waals surface area contributed by atoms with Crippen molar-refractivity contribution in [2.75, 3.05) is 29.9 Å². The largest absolute Gasteiger partial charge is 0.493 e. The van der Waals surface area contributed by atoms with Crippen LogP contribution in [0.25, 0.3) is 0 Å². The first-order valence-electron chi connectivity index (χ1n) is 8.74. The van der Waals surface area contributed by atoms with Gasteiger partial charge in [-0.2, -0.15) is 5.26 Å². The third-order valence-corrected chi connectivity index (χ3v) is 4.07. The van der Waals surface area contributed by atoms with Gasteiger partial charge in [-0.25, -0.2) is 4.79 Å². The topological polar surface area (TPSA) is 94.5 Å². The highest BCUT2D eigenvalue weighted by atomic mass is 16.5. The molecule has 2 N–H and O–H groups in total. The third kappa shape index (κ3) is 4.76. The lowest BCUT2D eigenvalue weighted by molar-refractivity contribution is 0.102. The van der Waals surface area contributed by atoms with E-state index < -0.39 is 0 Å². The van der Waals surface area contributed by atoms with Crippen molar-refractivity contribution in [3.05, 3.63) is 54.1 Å². The van der Waals surface area contributed by atoms with Crippen LogP contribution in [0.4, 0.5) is 16.2 Å². The number of nitriles is 1. The average molecular weight is 364 g/mol. The van der Waals surface area contributed by atoms with E-state index in [1.54, 1.807) is 53.4 Å². The zero-order valence-electron chi connectivity index (χ0n) is 14.8. The minimum absolute atomic E-state index is 0.159. The maximum Gasteiger partial charge on any atom is 0.321 e. The number of ether oxygens (including phenoxy) is 1. The Morgan fingerprint density at radius 1 is 1.26 bits per heavy atom. The van der Waals surface area contributed by atoms with Gasteiger partial charge < -0.3 is 15.4 Å². The fraction of sp³-hybridized carbons (Fsp3) is 0.250. The summed E-state index contributed by atoms with van der Waals surface area (Å²) in [6, 6.07) is 16.0. The highest BCUT2D eigenvalue weighted by molar-refractivity contribution is 6.05. The van der Waals surface area contributed by atoms with Crippen molar-refractivity contribution in [1.82, 2.24) is 5.32 Å². The molecule has 27 heavy (non-hydrogen) atoms. The van der Waals surface area contributed by atoms with Gasteiger partial charge in [0.2, 0.25) is 0 Å². The summed E-state index contributed by atoms with van der Waals surface area (Å²) in [5.41, 5.74) is 1.77. The molecular formula is C20H20N4O3. The van der Waals surface area contributed by atoms with Crippen LogP contribution in [0.1, 0.15) is 23.2 Å². The Morgan fingerprint density at radius 3 is 2.89 bits per heavy atom. The number of urea groups is 1. The fourth-order valence-electron chi connectivity index (χ4n) is 2.74. The van der Waals surface area contributed by atoms with Crippen LogP contribution in [-0.4, -0.2) is 31.6 Å². The second-order valence-corrected chi connectivity index (χ2v) is 6.03. The summed E-state index contributed by atoms with van der Waals surface area (Å²) >= 11 is 0. The molecule has 3 rings (SSSR count). The van der Waals surface area contributed by atoms with E-state index >= 15 is 0 Å². The van der Waals surface area contributed by atoms with Crippen LogP contribution in [0.3, 0.4) is 0 Å². The Hall–Kier alpha value is -3.53. The molecule has 1 heterocycles. The molecule has 1 saturated heterocycles. The summed E-state index contributed by atoms with van der Waals surface area (Å²) in [5, 5.41) is 14.1. The number of rotatable bonds is 7. The molecule has 0 radical (unpaired) electrons. The maximum absolute atomic E-state index is 12.6. The Kier molecular flexibility index (Phi) is 5.90. The molecule has 1 aliphatic rings. The summed E-state index contributed by atoms with van der Waals surface area (Å²) in [5.74, 6) is 0.367. The first kappa shape index (κ1) is 18.3. The second-order valence-electron chi connectivity index (χ2n) is 6.03. The van der Waals surface area contributed by atoms with Gasteiger partial charge >= 0.3 is 6.03 Å². The lowest BCUT2D eigenvalue weighted by atomic mass is 10.1. The number of nitrogens with one attached hydrogen (secondary N) is 2. The van der Waals surface area contributed by atoms with Crippen molar-refractivity contribution in [3.8, 4) is 11.8 Å². The molecule has 2 aromatic carbocycles. The van der Waals surface area contributed by atoms with Gasteiger partial charge in [0.15, 0.2) is 0 Å². The van der Waals surface area contributed by atoms with Gasteiger partial charge in [-0.1, -0.05) is 12.1 Å². The highest BCUT2D eigenvalue weighted by Crippen LogP contribution is 2.21. The minimum Gasteiger partial charge on any atom is -0.493 e. The number of nitrogens with zero attached hydrogens (tertiary/aromatic N) is 2. The lowest BCUT2D eigenvalue weighted by Gasteiger charge is -2.15. The smallest absolute Gasteiger partial charge is 0.321 e. The van der Waals surface area contributed by atoms with E-state index in [0.717, 1.165) is 0 Å². The third-order valence-electron chi connectivity index (χ3n) is 4.07. The zero-order valence-corrected chi connectivity index (χ0v) is 14.8. The lowest BCUT2D eigenvalue weighted by Crippen LogP contribution is -2.27. The number of amides is 3. The Labute approximate surface area is 157 Å². The summed E-state index contributed by atoms with van der Waals surface area (Å²) in [6.45, 7) is 1.62. The molecule has 7 nitrogen and oxygen atoms in total. The molecule has 0 aromatic heterocycles. The van der Waals surface area contributed by atoms with Gasteiger partial charge in [0.25, 0.3) is 5.91 Å². The number of carbonyl (C=O) groups excluding carboxylic acids is 2. The van der Waals surface area contributed by atoms with Crippen molar-refractivity contribution in [2.45, 2.75) is 12.8 Å². The van der Waals surface area contributed by atoms with Gasteiger partial charge in [-0.3, -0.25) is 9.69 Å². The molecule has 0 aliphatic carbocycles. The van der Waals surface area contributed by atoms with E-state index in [1.165, 1.54) is 0 Å². The maximum atomic E-state index is 12.6. The molecule has 2 aromatic rings. The van der Waals surface area contributed by atoms with E-state index in [-0.39, 0.29) is 11.9 Å². The molecule has 1 fully saturated rings. The van der Waals surface area contributed by atoms with Crippen molar-refractivity contribution < 1.29 is 14.3 Å². The van der Waals surface area contributed by atoms with Gasteiger partial charge in [-0.15, -0.1) is 0 Å². The average Bonchev–Trinajstić information content (AvgIpc) is 3.12. The molecule has 0 spiro atoms. The molecule has 0 saturated carbocycles. The fourth-order valence-corrected chi connectivity index (χ4v) is 2.74. The Bertz CT molecular complexity index is 876. The number of anilines is 2. The van der Waals surface area contributed by atoms with Crippen LogP contribution in [0.15, 0.2) is 48.5 Å². The molecule has 0 bridgehead atoms. The standard InChI is InChI=1S/C20H20N4O3/c21-9-1-2-12-27-18-8-4-6-16(14-18)23-19(25)15-5-3-7-17(13-15)24-11-10-22-20(24)26/h3-8,13-14H,1-2,10-12H2,(H,22,26)(H,23,25). The molecule has 0 unspecified atom stereocenters. The summed E-state index contributed by atoms with van der Waals surface area (Å²) < 4.78 is 5.58. The molecule has 3 amide bonds. The van der Waals surface area contributed by atoms with Crippen molar-refractivity contribution in [2.24, 2.45) is 0 Å². The molecule has 138 valence electrons. The number of hydrogen-bond donors (Lipinski definition) is 2. The Morgan fingerprint density at radius 2 is 2.11 bits per heavy atom. The van der Waals surface area contributed by atoms with Crippen LogP contribution in [0.5, 0.6) is 5.75 Å². The van der Waals surface area contributed by atoms with Crippen molar-refractivity contribution >= 4 is 23.3 Å². The molecule has 7 heteroatoms. The Balaban J connectivity index is 1.65. The quantitative estimate of drug-likeness (QED) is 0.738. The monoisotopic (exact) mass is 364 g/mol. The van der Waals surface area contributed by atoms with E-state index in [2.05, 4.69) is 16.7 Å². The minimum atomic E-state index is -0.266. The van der Waals surface area contributed by atoms with Gasteiger partial charge in [0.05, 0.1) is 12.7 Å². The van der Waals surface area contributed by atoms with Gasteiger partial charge in [0, 0.05) is 42.5 Å². The van der Waals surface area contributed by atoms with Gasteiger partial charge in [-0.05, 0) is 36.8 Å². The van der Waals surface area contributed by atoms with Crippen LogP contribution < -0.4 is 20.3 Å². The van der Waals surface area contributed by atoms with E-state index in [1.807, 2.05) is 0 Å². The van der Waals surface area contributed by atoms with E-state index in [4.69, 9.17) is 10.00 Å². The van der Waals surface area contributed by atoms with Gasteiger partial charge in [0.1, 0.15) is 5.75 Å². The molecular weight excluding hydrogens is 344 g/mol. The SMILES string of the molecule is N#CCCCOc1cccc(NC(=O)c2cccc(N3CCNC3=O)c2)c1. The zero-order chi connectivity index (χ0) is 19.1. The van der Waals surface area contributed by atoms with Crippen LogP contribution >= 0.6 is 0 Å². The number of benzene rings is 2. The normalized spacial score (nSPS) is 13.0. The van der Waals surface area contributed by atoms with Crippen molar-refractivity contribution in [1.29, 1.82) is 5.26 Å². The van der Waals surface area contributed by atoms with Crippen LogP contribution in [-0.2, 0) is 0 Å². The van der Waals surface area contributed by atoms with E-state index in [0.29, 0.717) is 55.2 Å². The number of unbranched alkanes of at least 4 members (excludes halogenated alkanes) is 1. The summed E-state index contributed by atoms with van der Waals surface area (Å²) in [7, 11) is 0. The molecule has 1 aliphatic heterocycles. The molecule has 0 atom stereocenters. The first-order valence-corrected chi connectivity index (χ1v) is 8.74. The predicted molar refractivity (Wildman–Crippen MR) is 102 cm³/mol. The van der Waals surface area contributed by atoms with Crippen LogP contribution in [0.2, 0.25) is 0 Å². The van der Waals surface area contributed by atoms with E-state index in [9.17, 15) is 9.59 Å². The predicted octanol–water partition coefficient (Wildman–Crippen LogP) is 3.15. The highest BCUT2D eigenvalue weighted by Gasteiger charge is 2.21. The second kappa shape index (κ2) is 8.72. The number of hydrogen-bond acceptors (Lipinski definition) is 4. The summed E-state index contributed by atoms with van der Waals surface area (Å²) in [6.07, 6.45) is 1.10. The number of carbonyl (C=O) groups is 2. The van der Waals surface area contributed by atoms with Crippen LogP contribution in [0, 0.1) is 11.3 Å².